The van der Waals surface area contributed by atoms with Gasteiger partial charge in [0.2, 0.25) is 11.7 Å². The molecule has 1 saturated heterocycles. The quantitative estimate of drug-likeness (QED) is 0.132. The van der Waals surface area contributed by atoms with E-state index in [0.29, 0.717) is 12.4 Å². The van der Waals surface area contributed by atoms with Crippen LogP contribution in [0.3, 0.4) is 0 Å². The van der Waals surface area contributed by atoms with Gasteiger partial charge in [-0.2, -0.15) is 0 Å². The standard InChI is InChI=1S/C24H26F2N2O5/c1-3-31-15-18(24(30)32-4-2)23(29)17-12-20(26)21(13-19(17)25)28-11-7-8-16(28)14-33-22-9-5-6-10-27-22/h5-6,9-10,12-13,15-16H,3-4,7-8,11,14H2,1-2H3/b18-15-/t16-/m1/s1. The number of pyridine rings is 1. The van der Waals surface area contributed by atoms with Gasteiger partial charge in [0, 0.05) is 24.9 Å². The van der Waals surface area contributed by atoms with Crippen molar-refractivity contribution in [3.63, 3.8) is 0 Å². The molecule has 176 valence electrons. The smallest absolute Gasteiger partial charge is 0.345 e. The van der Waals surface area contributed by atoms with Crippen molar-refractivity contribution >= 4 is 17.4 Å². The zero-order valence-electron chi connectivity index (χ0n) is 18.6. The van der Waals surface area contributed by atoms with Crippen LogP contribution in [0.25, 0.3) is 0 Å². The summed E-state index contributed by atoms with van der Waals surface area (Å²) in [5, 5.41) is 0. The van der Waals surface area contributed by atoms with Crippen molar-refractivity contribution in [2.24, 2.45) is 0 Å². The Labute approximate surface area is 191 Å². The average Bonchev–Trinajstić information content (AvgIpc) is 3.28. The van der Waals surface area contributed by atoms with Crippen molar-refractivity contribution in [2.75, 3.05) is 31.3 Å². The molecule has 33 heavy (non-hydrogen) atoms. The van der Waals surface area contributed by atoms with E-state index >= 15 is 4.39 Å². The Kier molecular flexibility index (Phi) is 8.34. The van der Waals surface area contributed by atoms with Crippen LogP contribution in [0, 0.1) is 11.6 Å². The first kappa shape index (κ1) is 24.2. The molecule has 0 spiro atoms. The zero-order chi connectivity index (χ0) is 23.8. The first-order valence-electron chi connectivity index (χ1n) is 10.8. The summed E-state index contributed by atoms with van der Waals surface area (Å²) >= 11 is 0. The number of rotatable bonds is 10. The van der Waals surface area contributed by atoms with Gasteiger partial charge in [-0.05, 0) is 38.8 Å². The highest BCUT2D eigenvalue weighted by molar-refractivity contribution is 6.24. The van der Waals surface area contributed by atoms with E-state index in [-0.39, 0.29) is 31.5 Å². The molecule has 1 aliphatic rings. The second kappa shape index (κ2) is 11.4. The summed E-state index contributed by atoms with van der Waals surface area (Å²) in [6, 6.07) is 6.88. The minimum absolute atomic E-state index is 0.0162. The third-order valence-electron chi connectivity index (χ3n) is 5.14. The summed E-state index contributed by atoms with van der Waals surface area (Å²) in [5.74, 6) is -3.25. The number of anilines is 1. The number of ketones is 1. The molecule has 0 N–H and O–H groups in total. The number of nitrogens with zero attached hydrogens (tertiary/aromatic N) is 2. The molecular weight excluding hydrogens is 434 g/mol. The lowest BCUT2D eigenvalue weighted by molar-refractivity contribution is -0.138. The molecule has 1 aromatic carbocycles. The number of benzene rings is 1. The third kappa shape index (κ3) is 5.85. The number of halogens is 2. The highest BCUT2D eigenvalue weighted by Gasteiger charge is 2.31. The van der Waals surface area contributed by atoms with Crippen LogP contribution in [0.2, 0.25) is 0 Å². The fourth-order valence-electron chi connectivity index (χ4n) is 3.59. The number of esters is 1. The molecule has 0 aliphatic carbocycles. The number of ether oxygens (including phenoxy) is 3. The summed E-state index contributed by atoms with van der Waals surface area (Å²) in [4.78, 5) is 30.8. The fraction of sp³-hybridized carbons (Fsp3) is 0.375. The van der Waals surface area contributed by atoms with Gasteiger partial charge in [0.05, 0.1) is 30.5 Å². The monoisotopic (exact) mass is 460 g/mol. The zero-order valence-corrected chi connectivity index (χ0v) is 18.6. The Balaban J connectivity index is 1.82. The molecule has 1 aliphatic heterocycles. The van der Waals surface area contributed by atoms with Crippen LogP contribution in [-0.2, 0) is 14.3 Å². The van der Waals surface area contributed by atoms with Crippen LogP contribution >= 0.6 is 0 Å². The first-order chi connectivity index (χ1) is 16.0. The summed E-state index contributed by atoms with van der Waals surface area (Å²) in [6.45, 7) is 4.19. The van der Waals surface area contributed by atoms with Crippen molar-refractivity contribution in [3.8, 4) is 5.88 Å². The summed E-state index contributed by atoms with van der Waals surface area (Å²) < 4.78 is 45.6. The van der Waals surface area contributed by atoms with Gasteiger partial charge < -0.3 is 19.1 Å². The predicted molar refractivity (Wildman–Crippen MR) is 117 cm³/mol. The lowest BCUT2D eigenvalue weighted by Gasteiger charge is -2.27. The molecule has 2 heterocycles. The molecule has 1 aromatic heterocycles. The number of carbonyl (C=O) groups is 2. The molecule has 0 saturated carbocycles. The highest BCUT2D eigenvalue weighted by Crippen LogP contribution is 2.31. The van der Waals surface area contributed by atoms with Gasteiger partial charge in [-0.1, -0.05) is 6.07 Å². The molecule has 7 nitrogen and oxygen atoms in total. The Morgan fingerprint density at radius 1 is 1.18 bits per heavy atom. The summed E-state index contributed by atoms with van der Waals surface area (Å²) in [6.07, 6.45) is 4.04. The van der Waals surface area contributed by atoms with Crippen molar-refractivity contribution in [1.29, 1.82) is 0 Å². The maximum absolute atomic E-state index is 15.1. The maximum atomic E-state index is 15.1. The molecule has 1 atom stereocenters. The van der Waals surface area contributed by atoms with Crippen LogP contribution in [0.15, 0.2) is 48.4 Å². The van der Waals surface area contributed by atoms with Crippen molar-refractivity contribution in [1.82, 2.24) is 4.98 Å². The van der Waals surface area contributed by atoms with Gasteiger partial charge >= 0.3 is 5.97 Å². The van der Waals surface area contributed by atoms with Crippen molar-refractivity contribution in [3.05, 3.63) is 65.6 Å². The van der Waals surface area contributed by atoms with Gasteiger partial charge in [0.15, 0.2) is 0 Å². The Hall–Kier alpha value is -3.49. The molecule has 1 fully saturated rings. The van der Waals surface area contributed by atoms with Crippen LogP contribution in [-0.4, -0.2) is 49.1 Å². The Morgan fingerprint density at radius 3 is 2.70 bits per heavy atom. The van der Waals surface area contributed by atoms with E-state index in [9.17, 15) is 14.0 Å². The number of aromatic nitrogens is 1. The van der Waals surface area contributed by atoms with E-state index in [2.05, 4.69) is 4.98 Å². The second-order valence-electron chi connectivity index (χ2n) is 7.29. The summed E-state index contributed by atoms with van der Waals surface area (Å²) in [5.41, 5.74) is -1.05. The van der Waals surface area contributed by atoms with Crippen LogP contribution < -0.4 is 9.64 Å². The lowest BCUT2D eigenvalue weighted by Crippen LogP contribution is -2.35. The molecule has 3 rings (SSSR count). The molecule has 9 heteroatoms. The number of hydrogen-bond acceptors (Lipinski definition) is 7. The molecule has 2 aromatic rings. The van der Waals surface area contributed by atoms with Gasteiger partial charge in [0.25, 0.3) is 0 Å². The largest absolute Gasteiger partial charge is 0.500 e. The number of hydrogen-bond donors (Lipinski definition) is 0. The molecule has 0 radical (unpaired) electrons. The van der Waals surface area contributed by atoms with Gasteiger partial charge in [-0.3, -0.25) is 4.79 Å². The van der Waals surface area contributed by atoms with E-state index in [1.165, 1.54) is 0 Å². The predicted octanol–water partition coefficient (Wildman–Crippen LogP) is 4.07. The Bertz CT molecular complexity index is 1010. The SMILES string of the molecule is CCO/C=C(\C(=O)OCC)C(=O)c1cc(F)c(N2CCC[C@@H]2COc2ccccn2)cc1F. The minimum Gasteiger partial charge on any atom is -0.500 e. The van der Waals surface area contributed by atoms with Crippen molar-refractivity contribution in [2.45, 2.75) is 32.7 Å². The van der Waals surface area contributed by atoms with E-state index < -0.39 is 34.5 Å². The number of carbonyl (C=O) groups excluding carboxylic acids is 2. The molecule has 0 bridgehead atoms. The molecular formula is C24H26F2N2O5. The van der Waals surface area contributed by atoms with Gasteiger partial charge in [0.1, 0.15) is 30.1 Å². The fourth-order valence-corrected chi connectivity index (χ4v) is 3.59. The van der Waals surface area contributed by atoms with E-state index in [4.69, 9.17) is 14.2 Å². The molecule has 0 unspecified atom stereocenters. The summed E-state index contributed by atoms with van der Waals surface area (Å²) in [7, 11) is 0. The second-order valence-corrected chi connectivity index (χ2v) is 7.29. The van der Waals surface area contributed by atoms with Crippen LogP contribution in [0.5, 0.6) is 5.88 Å². The average molecular weight is 460 g/mol. The molecule has 0 amide bonds. The topological polar surface area (TPSA) is 78.0 Å². The van der Waals surface area contributed by atoms with E-state index in [0.717, 1.165) is 31.2 Å². The van der Waals surface area contributed by atoms with E-state index in [1.807, 2.05) is 0 Å². The third-order valence-corrected chi connectivity index (χ3v) is 5.14. The minimum atomic E-state index is -1.01. The maximum Gasteiger partial charge on any atom is 0.345 e. The lowest BCUT2D eigenvalue weighted by atomic mass is 10.0. The van der Waals surface area contributed by atoms with Gasteiger partial charge in [-0.25, -0.2) is 18.6 Å². The number of Topliss-reactive ketones (excluding diaryl/α,β-unsaturated/α-hetero) is 1. The van der Waals surface area contributed by atoms with E-state index in [1.54, 1.807) is 43.1 Å². The highest BCUT2D eigenvalue weighted by atomic mass is 19.1. The van der Waals surface area contributed by atoms with Crippen molar-refractivity contribution < 1.29 is 32.6 Å². The normalized spacial score (nSPS) is 15.9. The first-order valence-corrected chi connectivity index (χ1v) is 10.8. The van der Waals surface area contributed by atoms with Crippen LogP contribution in [0.1, 0.15) is 37.0 Å². The van der Waals surface area contributed by atoms with Gasteiger partial charge in [-0.15, -0.1) is 0 Å². The Morgan fingerprint density at radius 2 is 2.00 bits per heavy atom. The van der Waals surface area contributed by atoms with Crippen LogP contribution in [0.4, 0.5) is 14.5 Å².